The zero-order valence-corrected chi connectivity index (χ0v) is 35.4. The van der Waals surface area contributed by atoms with Gasteiger partial charge in [-0.05, 0) is 76.5 Å². The number of esters is 1. The number of β-amino-alcohol motifs (C(OH)–C–C–N with tert-alkyl or cyclic N) is 1. The molecule has 0 bridgehead atoms. The number of carbonyl (C=O) groups is 1. The van der Waals surface area contributed by atoms with E-state index in [9.17, 15) is 9.90 Å². The summed E-state index contributed by atoms with van der Waals surface area (Å²) in [5.74, 6) is 1.73. The fourth-order valence-corrected chi connectivity index (χ4v) is 8.26. The number of hydrogen-bond acceptors (Lipinski definition) is 5. The minimum absolute atomic E-state index is 0.0215. The van der Waals surface area contributed by atoms with E-state index >= 15 is 0 Å². The second kappa shape index (κ2) is 36.9. The summed E-state index contributed by atoms with van der Waals surface area (Å²) < 4.78 is 12.0. The Kier molecular flexibility index (Phi) is 34.7. The van der Waals surface area contributed by atoms with Crippen LogP contribution in [0.1, 0.15) is 239 Å². The van der Waals surface area contributed by atoms with E-state index in [2.05, 4.69) is 32.3 Å². The maximum Gasteiger partial charge on any atom is 0.305 e. The molecule has 2 unspecified atom stereocenters. The molecule has 0 spiro atoms. The van der Waals surface area contributed by atoms with Crippen LogP contribution in [0, 0.1) is 5.92 Å². The topological polar surface area (TPSA) is 59.0 Å². The van der Waals surface area contributed by atoms with Gasteiger partial charge >= 0.3 is 5.97 Å². The zero-order valence-electron chi connectivity index (χ0n) is 35.4. The molecule has 1 heterocycles. The quantitative estimate of drug-likeness (QED) is 0.0387. The van der Waals surface area contributed by atoms with Crippen molar-refractivity contribution in [2.24, 2.45) is 5.92 Å². The molecule has 1 fully saturated rings. The molecule has 1 N–H and O–H groups in total. The summed E-state index contributed by atoms with van der Waals surface area (Å²) in [6, 6.07) is 0.544. The van der Waals surface area contributed by atoms with Crippen molar-refractivity contribution in [3.63, 3.8) is 0 Å². The highest BCUT2D eigenvalue weighted by atomic mass is 16.5. The van der Waals surface area contributed by atoms with E-state index in [1.54, 1.807) is 0 Å². The van der Waals surface area contributed by atoms with E-state index in [0.717, 1.165) is 56.9 Å². The largest absolute Gasteiger partial charge is 0.495 e. The number of rotatable bonds is 39. The molecule has 5 heteroatoms. The van der Waals surface area contributed by atoms with Gasteiger partial charge in [-0.2, -0.15) is 0 Å². The van der Waals surface area contributed by atoms with Crippen LogP contribution in [-0.2, 0) is 14.3 Å². The van der Waals surface area contributed by atoms with Crippen LogP contribution in [0.2, 0.25) is 0 Å². The van der Waals surface area contributed by atoms with Crippen molar-refractivity contribution in [2.45, 2.75) is 251 Å². The lowest BCUT2D eigenvalue weighted by molar-refractivity contribution is -0.143. The molecular weight excluding hydrogens is 643 g/mol. The van der Waals surface area contributed by atoms with Crippen LogP contribution >= 0.6 is 0 Å². The first kappa shape index (κ1) is 48.9. The van der Waals surface area contributed by atoms with Gasteiger partial charge in [0.2, 0.25) is 0 Å². The molecule has 5 nitrogen and oxygen atoms in total. The van der Waals surface area contributed by atoms with Gasteiger partial charge in [0, 0.05) is 32.0 Å². The molecule has 0 aliphatic carbocycles. The van der Waals surface area contributed by atoms with Crippen molar-refractivity contribution < 1.29 is 19.4 Å². The molecule has 0 amide bonds. The van der Waals surface area contributed by atoms with E-state index in [-0.39, 0.29) is 12.6 Å². The molecule has 1 aliphatic rings. The number of ether oxygens (including phenoxy) is 2. The molecule has 0 radical (unpaired) electrons. The summed E-state index contributed by atoms with van der Waals surface area (Å²) in [6.45, 7) is 13.9. The monoisotopic (exact) mass is 734 g/mol. The Labute approximate surface area is 325 Å². The van der Waals surface area contributed by atoms with Gasteiger partial charge in [-0.1, -0.05) is 162 Å². The van der Waals surface area contributed by atoms with Crippen molar-refractivity contribution in [2.75, 3.05) is 26.3 Å². The maximum atomic E-state index is 12.2. The lowest BCUT2D eigenvalue weighted by atomic mass is 9.87. The number of hydrogen-bond donors (Lipinski definition) is 1. The van der Waals surface area contributed by atoms with E-state index in [1.165, 1.54) is 180 Å². The number of likely N-dealkylation sites (tertiary alicyclic amines) is 1. The third-order valence-corrected chi connectivity index (χ3v) is 11.6. The maximum absolute atomic E-state index is 12.2. The predicted octanol–water partition coefficient (Wildman–Crippen LogP) is 14.0. The Balaban J connectivity index is 2.21. The Bertz CT molecular complexity index is 771. The van der Waals surface area contributed by atoms with Crippen LogP contribution < -0.4 is 0 Å². The van der Waals surface area contributed by atoms with Gasteiger partial charge in [0.05, 0.1) is 25.1 Å². The van der Waals surface area contributed by atoms with Crippen LogP contribution in [0.4, 0.5) is 0 Å². The van der Waals surface area contributed by atoms with Crippen molar-refractivity contribution in [3.05, 3.63) is 12.3 Å². The van der Waals surface area contributed by atoms with Gasteiger partial charge in [0.15, 0.2) is 0 Å². The second-order valence-electron chi connectivity index (χ2n) is 16.6. The van der Waals surface area contributed by atoms with Gasteiger partial charge in [-0.3, -0.25) is 9.69 Å². The average Bonchev–Trinajstić information content (AvgIpc) is 3.14. The third kappa shape index (κ3) is 29.3. The standard InChI is InChI=1S/C47H91NO4/c1-5-8-11-14-17-18-19-22-30-41-51-47(50)36-29-28-33-45-38-37-44(42-48(45)39-40-49)32-25-23-24-31-43(4)52-46(34-26-20-15-12-9-6-2)35-27-21-16-13-10-7-3/h44-46,49H,4-42H2,1-3H3. The van der Waals surface area contributed by atoms with E-state index in [4.69, 9.17) is 9.47 Å². The average molecular weight is 734 g/mol. The van der Waals surface area contributed by atoms with Crippen molar-refractivity contribution in [3.8, 4) is 0 Å². The van der Waals surface area contributed by atoms with Crippen molar-refractivity contribution in [1.82, 2.24) is 4.90 Å². The predicted molar refractivity (Wildman–Crippen MR) is 225 cm³/mol. The minimum Gasteiger partial charge on any atom is -0.495 e. The minimum atomic E-state index is -0.0215. The van der Waals surface area contributed by atoms with E-state index in [1.807, 2.05) is 0 Å². The number of piperidine rings is 1. The Morgan fingerprint density at radius 3 is 1.71 bits per heavy atom. The molecule has 1 aliphatic heterocycles. The summed E-state index contributed by atoms with van der Waals surface area (Å²) in [4.78, 5) is 14.8. The SMILES string of the molecule is C=C(CCCCCC1CCC(CCCCC(=O)OCCCCCCCCCCC)N(CCO)C1)OC(CCCCCCCC)CCCCCCCC. The smallest absolute Gasteiger partial charge is 0.305 e. The second-order valence-corrected chi connectivity index (χ2v) is 16.6. The normalized spacial score (nSPS) is 16.5. The lowest BCUT2D eigenvalue weighted by Gasteiger charge is -2.39. The molecule has 52 heavy (non-hydrogen) atoms. The summed E-state index contributed by atoms with van der Waals surface area (Å²) in [5, 5.41) is 9.78. The van der Waals surface area contributed by atoms with Crippen molar-refractivity contribution >= 4 is 5.97 Å². The molecule has 0 aromatic carbocycles. The summed E-state index contributed by atoms with van der Waals surface area (Å²) >= 11 is 0. The van der Waals surface area contributed by atoms with Crippen LogP contribution in [0.3, 0.4) is 0 Å². The highest BCUT2D eigenvalue weighted by Gasteiger charge is 2.27. The summed E-state index contributed by atoms with van der Waals surface area (Å²) in [6.07, 6.45) is 42.6. The number of aliphatic hydroxyl groups excluding tert-OH is 1. The van der Waals surface area contributed by atoms with Crippen LogP contribution in [-0.4, -0.2) is 54.4 Å². The van der Waals surface area contributed by atoms with Gasteiger partial charge in [0.1, 0.15) is 0 Å². The molecule has 0 aromatic rings. The molecule has 2 atom stereocenters. The highest BCUT2D eigenvalue weighted by molar-refractivity contribution is 5.69. The van der Waals surface area contributed by atoms with E-state index < -0.39 is 0 Å². The van der Waals surface area contributed by atoms with Crippen LogP contribution in [0.5, 0.6) is 0 Å². The van der Waals surface area contributed by atoms with Crippen LogP contribution in [0.25, 0.3) is 0 Å². The first-order chi connectivity index (χ1) is 25.5. The van der Waals surface area contributed by atoms with Gasteiger partial charge in [-0.15, -0.1) is 0 Å². The fourth-order valence-electron chi connectivity index (χ4n) is 8.26. The third-order valence-electron chi connectivity index (χ3n) is 11.6. The van der Waals surface area contributed by atoms with E-state index in [0.29, 0.717) is 25.2 Å². The molecule has 0 aromatic heterocycles. The Morgan fingerprint density at radius 2 is 1.13 bits per heavy atom. The Morgan fingerprint density at radius 1 is 0.635 bits per heavy atom. The molecule has 1 rings (SSSR count). The Hall–Kier alpha value is -1.07. The van der Waals surface area contributed by atoms with Gasteiger partial charge in [0.25, 0.3) is 0 Å². The summed E-state index contributed by atoms with van der Waals surface area (Å²) in [5.41, 5.74) is 0. The lowest BCUT2D eigenvalue weighted by Crippen LogP contribution is -2.44. The zero-order chi connectivity index (χ0) is 37.7. The summed E-state index contributed by atoms with van der Waals surface area (Å²) in [7, 11) is 0. The molecule has 308 valence electrons. The molecule has 1 saturated heterocycles. The number of aliphatic hydroxyl groups is 1. The number of carbonyl (C=O) groups excluding carboxylic acids is 1. The van der Waals surface area contributed by atoms with Gasteiger partial charge < -0.3 is 14.6 Å². The number of nitrogens with zero attached hydrogens (tertiary/aromatic N) is 1. The van der Waals surface area contributed by atoms with Gasteiger partial charge in [-0.25, -0.2) is 0 Å². The highest BCUT2D eigenvalue weighted by Crippen LogP contribution is 2.29. The van der Waals surface area contributed by atoms with Crippen LogP contribution in [0.15, 0.2) is 12.3 Å². The molecule has 0 saturated carbocycles. The van der Waals surface area contributed by atoms with Crippen molar-refractivity contribution in [1.29, 1.82) is 0 Å². The molecular formula is C47H91NO4. The first-order valence-corrected chi connectivity index (χ1v) is 23.4. The number of unbranched alkanes of at least 4 members (excludes halogenated alkanes) is 21. The number of allylic oxidation sites excluding steroid dienone is 1. The fraction of sp³-hybridized carbons (Fsp3) is 0.936. The first-order valence-electron chi connectivity index (χ1n) is 23.4.